The average Bonchev–Trinajstić information content (AvgIpc) is 3.41. The summed E-state index contributed by atoms with van der Waals surface area (Å²) in [4.78, 5) is 12.3. The van der Waals surface area contributed by atoms with Crippen LogP contribution in [0.1, 0.15) is 23.4 Å². The highest BCUT2D eigenvalue weighted by Crippen LogP contribution is 2.23. The molecule has 2 aromatic carbocycles. The van der Waals surface area contributed by atoms with Gasteiger partial charge in [0, 0.05) is 42.4 Å². The summed E-state index contributed by atoms with van der Waals surface area (Å²) in [6.07, 6.45) is 4.58. The summed E-state index contributed by atoms with van der Waals surface area (Å²) in [6, 6.07) is 17.7. The third-order valence-electron chi connectivity index (χ3n) is 5.41. The van der Waals surface area contributed by atoms with E-state index in [4.69, 9.17) is 11.6 Å². The van der Waals surface area contributed by atoms with Crippen LogP contribution in [0.4, 0.5) is 0 Å². The van der Waals surface area contributed by atoms with Crippen molar-refractivity contribution in [3.8, 4) is 11.3 Å². The van der Waals surface area contributed by atoms with Crippen molar-refractivity contribution in [1.29, 1.82) is 0 Å². The Hall–Kier alpha value is -3.71. The van der Waals surface area contributed by atoms with Crippen LogP contribution < -0.4 is 5.32 Å². The van der Waals surface area contributed by atoms with E-state index in [-0.39, 0.29) is 5.91 Å². The Morgan fingerprint density at radius 1 is 1.03 bits per heavy atom. The molecule has 0 atom stereocenters. The van der Waals surface area contributed by atoms with Gasteiger partial charge in [0.25, 0.3) is 0 Å². The van der Waals surface area contributed by atoms with Gasteiger partial charge in [-0.1, -0.05) is 53.6 Å². The number of carbonyl (C=O) groups excluding carboxylic acids is 1. The fourth-order valence-electron chi connectivity index (χ4n) is 3.61. The number of amides is 1. The molecule has 0 aliphatic heterocycles. The van der Waals surface area contributed by atoms with Crippen molar-refractivity contribution in [3.05, 3.63) is 89.0 Å². The Balaban J connectivity index is 1.30. The first-order chi connectivity index (χ1) is 15.6. The molecular weight excluding hydrogens is 424 g/mol. The zero-order valence-electron chi connectivity index (χ0n) is 17.5. The minimum atomic E-state index is -0.0159. The molecule has 7 nitrogen and oxygen atoms in total. The van der Waals surface area contributed by atoms with Crippen LogP contribution in [0.2, 0.25) is 5.02 Å². The summed E-state index contributed by atoms with van der Waals surface area (Å²) in [5.41, 5.74) is 5.63. The summed E-state index contributed by atoms with van der Waals surface area (Å²) in [7, 11) is 0. The number of halogens is 1. The molecular formula is C24H21ClN6O. The van der Waals surface area contributed by atoms with Crippen molar-refractivity contribution >= 4 is 28.7 Å². The lowest BCUT2D eigenvalue weighted by Gasteiger charge is -2.05. The monoisotopic (exact) mass is 444 g/mol. The van der Waals surface area contributed by atoms with E-state index in [1.807, 2.05) is 78.3 Å². The normalized spacial score (nSPS) is 11.3. The van der Waals surface area contributed by atoms with Crippen LogP contribution in [-0.4, -0.2) is 30.1 Å². The largest absolute Gasteiger partial charge is 0.352 e. The van der Waals surface area contributed by atoms with Crippen molar-refractivity contribution in [3.63, 3.8) is 0 Å². The molecule has 0 spiro atoms. The van der Waals surface area contributed by atoms with Crippen molar-refractivity contribution in [1.82, 2.24) is 29.5 Å². The Bertz CT molecular complexity index is 1400. The van der Waals surface area contributed by atoms with Gasteiger partial charge in [0.05, 0.1) is 5.69 Å². The minimum absolute atomic E-state index is 0.0159. The molecule has 0 fully saturated rings. The molecule has 1 N–H and O–H groups in total. The predicted octanol–water partition coefficient (Wildman–Crippen LogP) is 4.25. The van der Waals surface area contributed by atoms with Crippen LogP contribution in [0.15, 0.2) is 67.0 Å². The topological polar surface area (TPSA) is 76.6 Å². The SMILES string of the molecule is Cc1ccc(CNC(=O)CCc2nnc3c4cc(-c5ccc(Cl)cc5)nn4ccn23)cc1. The predicted molar refractivity (Wildman–Crippen MR) is 124 cm³/mol. The third kappa shape index (κ3) is 4.07. The summed E-state index contributed by atoms with van der Waals surface area (Å²) in [5, 5.41) is 16.9. The number of benzene rings is 2. The maximum atomic E-state index is 12.3. The number of nitrogens with zero attached hydrogens (tertiary/aromatic N) is 5. The molecule has 0 aliphatic rings. The number of aromatic nitrogens is 5. The lowest BCUT2D eigenvalue weighted by molar-refractivity contribution is -0.121. The number of hydrogen-bond donors (Lipinski definition) is 1. The molecule has 0 saturated heterocycles. The zero-order chi connectivity index (χ0) is 22.1. The highest BCUT2D eigenvalue weighted by atomic mass is 35.5. The van der Waals surface area contributed by atoms with Crippen molar-refractivity contribution in [2.75, 3.05) is 0 Å². The first kappa shape index (κ1) is 20.2. The quantitative estimate of drug-likeness (QED) is 0.424. The molecule has 8 heteroatoms. The van der Waals surface area contributed by atoms with Crippen LogP contribution in [0.5, 0.6) is 0 Å². The van der Waals surface area contributed by atoms with E-state index in [9.17, 15) is 4.79 Å². The van der Waals surface area contributed by atoms with Crippen LogP contribution in [0.3, 0.4) is 0 Å². The summed E-state index contributed by atoms with van der Waals surface area (Å²) >= 11 is 5.99. The number of hydrogen-bond acceptors (Lipinski definition) is 4. The van der Waals surface area contributed by atoms with Gasteiger partial charge in [-0.2, -0.15) is 5.10 Å². The number of carbonyl (C=O) groups is 1. The maximum absolute atomic E-state index is 12.3. The fraction of sp³-hybridized carbons (Fsp3) is 0.167. The highest BCUT2D eigenvalue weighted by Gasteiger charge is 2.13. The summed E-state index contributed by atoms with van der Waals surface area (Å²) in [5.74, 6) is 0.722. The number of rotatable bonds is 6. The van der Waals surface area contributed by atoms with Gasteiger partial charge < -0.3 is 5.32 Å². The van der Waals surface area contributed by atoms with E-state index in [0.717, 1.165) is 28.2 Å². The summed E-state index contributed by atoms with van der Waals surface area (Å²) in [6.45, 7) is 2.56. The number of fused-ring (bicyclic) bond motifs is 3. The van der Waals surface area contributed by atoms with Gasteiger partial charge in [-0.25, -0.2) is 4.52 Å². The second kappa shape index (κ2) is 8.43. The first-order valence-corrected chi connectivity index (χ1v) is 10.7. The molecule has 0 unspecified atom stereocenters. The van der Waals surface area contributed by atoms with Gasteiger partial charge in [0.1, 0.15) is 11.3 Å². The van der Waals surface area contributed by atoms with Gasteiger partial charge in [-0.05, 0) is 30.7 Å². The number of nitrogens with one attached hydrogen (secondary N) is 1. The second-order valence-electron chi connectivity index (χ2n) is 7.74. The molecule has 0 bridgehead atoms. The van der Waals surface area contributed by atoms with Crippen LogP contribution in [-0.2, 0) is 17.8 Å². The Labute approximate surface area is 189 Å². The molecule has 5 aromatic rings. The van der Waals surface area contributed by atoms with E-state index in [0.29, 0.717) is 30.1 Å². The molecule has 0 aliphatic carbocycles. The van der Waals surface area contributed by atoms with Gasteiger partial charge >= 0.3 is 0 Å². The molecule has 3 heterocycles. The first-order valence-electron chi connectivity index (χ1n) is 10.4. The molecule has 3 aromatic heterocycles. The maximum Gasteiger partial charge on any atom is 0.220 e. The molecule has 160 valence electrons. The molecule has 1 amide bonds. The molecule has 32 heavy (non-hydrogen) atoms. The lowest BCUT2D eigenvalue weighted by Crippen LogP contribution is -2.23. The molecule has 5 rings (SSSR count). The van der Waals surface area contributed by atoms with E-state index in [2.05, 4.69) is 20.6 Å². The van der Waals surface area contributed by atoms with Crippen molar-refractivity contribution in [2.45, 2.75) is 26.3 Å². The lowest BCUT2D eigenvalue weighted by atomic mass is 10.1. The highest BCUT2D eigenvalue weighted by molar-refractivity contribution is 6.30. The standard InChI is InChI=1S/C24H21ClN6O/c1-16-2-4-17(5-3-16)15-26-23(32)11-10-22-27-28-24-21-14-20(18-6-8-19(25)9-7-18)29-31(21)13-12-30(22)24/h2-9,12-14H,10-11,15H2,1H3,(H,26,32). The van der Waals surface area contributed by atoms with Crippen LogP contribution >= 0.6 is 11.6 Å². The van der Waals surface area contributed by atoms with Gasteiger partial charge in [0.15, 0.2) is 5.65 Å². The fourth-order valence-corrected chi connectivity index (χ4v) is 3.74. The van der Waals surface area contributed by atoms with Crippen LogP contribution in [0, 0.1) is 6.92 Å². The smallest absolute Gasteiger partial charge is 0.220 e. The van der Waals surface area contributed by atoms with E-state index in [1.165, 1.54) is 5.56 Å². The number of aryl methyl sites for hydroxylation is 2. The average molecular weight is 445 g/mol. The zero-order valence-corrected chi connectivity index (χ0v) is 18.3. The van der Waals surface area contributed by atoms with Crippen molar-refractivity contribution < 1.29 is 4.79 Å². The molecule has 0 saturated carbocycles. The van der Waals surface area contributed by atoms with E-state index < -0.39 is 0 Å². The van der Waals surface area contributed by atoms with Gasteiger partial charge in [-0.15, -0.1) is 10.2 Å². The van der Waals surface area contributed by atoms with Crippen molar-refractivity contribution in [2.24, 2.45) is 0 Å². The minimum Gasteiger partial charge on any atom is -0.352 e. The Morgan fingerprint density at radius 2 is 1.81 bits per heavy atom. The Kier molecular flexibility index (Phi) is 5.33. The third-order valence-corrected chi connectivity index (χ3v) is 5.67. The Morgan fingerprint density at radius 3 is 2.59 bits per heavy atom. The van der Waals surface area contributed by atoms with E-state index >= 15 is 0 Å². The molecule has 0 radical (unpaired) electrons. The second-order valence-corrected chi connectivity index (χ2v) is 8.17. The van der Waals surface area contributed by atoms with Gasteiger partial charge in [-0.3, -0.25) is 9.20 Å². The van der Waals surface area contributed by atoms with Crippen LogP contribution in [0.25, 0.3) is 22.4 Å². The summed E-state index contributed by atoms with van der Waals surface area (Å²) < 4.78 is 3.70. The van der Waals surface area contributed by atoms with E-state index in [1.54, 1.807) is 4.52 Å². The van der Waals surface area contributed by atoms with Gasteiger partial charge in [0.2, 0.25) is 5.91 Å².